The van der Waals surface area contributed by atoms with E-state index in [2.05, 4.69) is 19.8 Å². The maximum absolute atomic E-state index is 13.2. The Kier molecular flexibility index (Phi) is 4.96. The molecule has 25 heavy (non-hydrogen) atoms. The van der Waals surface area contributed by atoms with Crippen LogP contribution in [0.3, 0.4) is 0 Å². The van der Waals surface area contributed by atoms with E-state index in [-0.39, 0.29) is 11.4 Å². The van der Waals surface area contributed by atoms with Crippen molar-refractivity contribution in [2.24, 2.45) is 0 Å². The molecule has 0 aliphatic heterocycles. The number of hydrogen-bond acceptors (Lipinski definition) is 5. The van der Waals surface area contributed by atoms with Gasteiger partial charge in [0.2, 0.25) is 5.13 Å². The maximum atomic E-state index is 13.2. The topological polar surface area (TPSA) is 55.6 Å². The Morgan fingerprint density at radius 1 is 1.24 bits per heavy atom. The van der Waals surface area contributed by atoms with Gasteiger partial charge in [-0.2, -0.15) is 27.6 Å². The van der Waals surface area contributed by atoms with Gasteiger partial charge in [-0.3, -0.25) is 4.68 Å². The Morgan fingerprint density at radius 3 is 2.60 bits per heavy atom. The van der Waals surface area contributed by atoms with Crippen molar-refractivity contribution in [3.63, 3.8) is 0 Å². The molecule has 0 aliphatic carbocycles. The molecule has 0 atom stereocenters. The average molecular weight is 388 g/mol. The van der Waals surface area contributed by atoms with Crippen LogP contribution in [0, 0.1) is 0 Å². The molecule has 0 aliphatic rings. The van der Waals surface area contributed by atoms with Gasteiger partial charge in [-0.15, -0.1) is 0 Å². The van der Waals surface area contributed by atoms with Gasteiger partial charge in [0.25, 0.3) is 0 Å². The van der Waals surface area contributed by atoms with Gasteiger partial charge in [0.05, 0.1) is 5.56 Å². The number of aryl methyl sites for hydroxylation is 1. The molecule has 1 N–H and O–H groups in total. The van der Waals surface area contributed by atoms with Crippen LogP contribution in [0.4, 0.5) is 24.0 Å². The van der Waals surface area contributed by atoms with Crippen molar-refractivity contribution in [1.29, 1.82) is 0 Å². The highest BCUT2D eigenvalue weighted by Gasteiger charge is 2.38. The van der Waals surface area contributed by atoms with Gasteiger partial charge >= 0.3 is 6.18 Å². The van der Waals surface area contributed by atoms with E-state index in [1.807, 2.05) is 6.92 Å². The van der Waals surface area contributed by atoms with Gasteiger partial charge in [0, 0.05) is 35.0 Å². The largest absolute Gasteiger partial charge is 0.435 e. The second-order valence-electron chi connectivity index (χ2n) is 5.21. The number of anilines is 2. The first-order valence-electron chi connectivity index (χ1n) is 7.38. The monoisotopic (exact) mass is 387 g/mol. The van der Waals surface area contributed by atoms with Crippen LogP contribution in [-0.2, 0) is 12.7 Å². The Balaban J connectivity index is 1.90. The molecule has 0 bridgehead atoms. The third-order valence-corrected chi connectivity index (χ3v) is 4.13. The predicted molar refractivity (Wildman–Crippen MR) is 91.2 cm³/mol. The average Bonchev–Trinajstić information content (AvgIpc) is 3.16. The summed E-state index contributed by atoms with van der Waals surface area (Å²) in [4.78, 5) is 4.16. The molecule has 0 saturated heterocycles. The van der Waals surface area contributed by atoms with Gasteiger partial charge in [0.15, 0.2) is 11.5 Å². The zero-order chi connectivity index (χ0) is 18.0. The summed E-state index contributed by atoms with van der Waals surface area (Å²) in [5.74, 6) is -0.00357. The molecule has 132 valence electrons. The van der Waals surface area contributed by atoms with Gasteiger partial charge in [-0.05, 0) is 30.7 Å². The molecule has 3 aromatic rings. The van der Waals surface area contributed by atoms with Gasteiger partial charge < -0.3 is 5.32 Å². The minimum absolute atomic E-state index is 0.00357. The van der Waals surface area contributed by atoms with Gasteiger partial charge in [0.1, 0.15) is 0 Å². The summed E-state index contributed by atoms with van der Waals surface area (Å²) in [5, 5.41) is 7.59. The third-order valence-electron chi connectivity index (χ3n) is 3.25. The number of halogens is 4. The van der Waals surface area contributed by atoms with Crippen molar-refractivity contribution in [3.8, 4) is 11.4 Å². The third kappa shape index (κ3) is 4.10. The van der Waals surface area contributed by atoms with Crippen molar-refractivity contribution >= 4 is 34.0 Å². The molecule has 0 fully saturated rings. The Bertz CT molecular complexity index is 857. The van der Waals surface area contributed by atoms with Crippen LogP contribution in [0.5, 0.6) is 0 Å². The number of rotatable bonds is 5. The highest BCUT2D eigenvalue weighted by molar-refractivity contribution is 7.09. The Morgan fingerprint density at radius 2 is 1.96 bits per heavy atom. The van der Waals surface area contributed by atoms with Crippen molar-refractivity contribution in [3.05, 3.63) is 41.2 Å². The fourth-order valence-electron chi connectivity index (χ4n) is 2.18. The molecule has 2 heterocycles. The van der Waals surface area contributed by atoms with Crippen LogP contribution in [0.2, 0.25) is 5.02 Å². The van der Waals surface area contributed by atoms with Gasteiger partial charge in [-0.1, -0.05) is 18.5 Å². The smallest absolute Gasteiger partial charge is 0.330 e. The summed E-state index contributed by atoms with van der Waals surface area (Å²) in [6, 6.07) is 6.87. The molecular formula is C15H13ClF3N5S. The van der Waals surface area contributed by atoms with Gasteiger partial charge in [-0.25, -0.2) is 0 Å². The SMILES string of the molecule is CCCn1cc(-c2nsc(Nc3ccc(Cl)cc3)n2)c(C(F)(F)F)n1. The first-order chi connectivity index (χ1) is 11.9. The van der Waals surface area contributed by atoms with Crippen molar-refractivity contribution in [1.82, 2.24) is 19.1 Å². The van der Waals surface area contributed by atoms with Crippen LogP contribution in [0.15, 0.2) is 30.5 Å². The van der Waals surface area contributed by atoms with Crippen LogP contribution in [0.1, 0.15) is 19.0 Å². The van der Waals surface area contributed by atoms with Crippen LogP contribution in [-0.4, -0.2) is 19.1 Å². The molecule has 2 aromatic heterocycles. The molecule has 1 aromatic carbocycles. The van der Waals surface area contributed by atoms with Crippen LogP contribution < -0.4 is 5.32 Å². The summed E-state index contributed by atoms with van der Waals surface area (Å²) in [7, 11) is 0. The summed E-state index contributed by atoms with van der Waals surface area (Å²) in [6.45, 7) is 2.26. The molecule has 0 spiro atoms. The van der Waals surface area contributed by atoms with E-state index in [4.69, 9.17) is 11.6 Å². The highest BCUT2D eigenvalue weighted by atomic mass is 35.5. The van der Waals surface area contributed by atoms with Crippen LogP contribution in [0.25, 0.3) is 11.4 Å². The molecule has 5 nitrogen and oxygen atoms in total. The lowest BCUT2D eigenvalue weighted by atomic mass is 10.2. The quantitative estimate of drug-likeness (QED) is 0.651. The van der Waals surface area contributed by atoms with Crippen LogP contribution >= 0.6 is 23.1 Å². The standard InChI is InChI=1S/C15H13ClF3N5S/c1-2-7-24-8-11(12(22-24)15(17,18)19)13-21-14(25-23-13)20-10-5-3-9(16)4-6-10/h3-6,8H,2,7H2,1H3,(H,20,21,23). The van der Waals surface area contributed by atoms with E-state index in [0.717, 1.165) is 11.5 Å². The lowest BCUT2D eigenvalue weighted by molar-refractivity contribution is -0.141. The van der Waals surface area contributed by atoms with E-state index >= 15 is 0 Å². The highest BCUT2D eigenvalue weighted by Crippen LogP contribution is 2.36. The number of nitrogens with zero attached hydrogens (tertiary/aromatic N) is 4. The van der Waals surface area contributed by atoms with E-state index in [1.165, 1.54) is 10.9 Å². The fourth-order valence-corrected chi connectivity index (χ4v) is 2.91. The second-order valence-corrected chi connectivity index (χ2v) is 6.40. The lowest BCUT2D eigenvalue weighted by Crippen LogP contribution is -2.09. The molecule has 0 unspecified atom stereocenters. The molecule has 0 radical (unpaired) electrons. The zero-order valence-electron chi connectivity index (χ0n) is 13.0. The van der Waals surface area contributed by atoms with E-state index in [9.17, 15) is 13.2 Å². The van der Waals surface area contributed by atoms with E-state index < -0.39 is 11.9 Å². The van der Waals surface area contributed by atoms with Crippen molar-refractivity contribution < 1.29 is 13.2 Å². The molecule has 0 amide bonds. The minimum Gasteiger partial charge on any atom is -0.330 e. The summed E-state index contributed by atoms with van der Waals surface area (Å²) >= 11 is 6.79. The Hall–Kier alpha value is -2.13. The summed E-state index contributed by atoms with van der Waals surface area (Å²) in [5.41, 5.74) is -0.386. The molecule has 0 saturated carbocycles. The molecule has 3 rings (SSSR count). The lowest BCUT2D eigenvalue weighted by Gasteiger charge is -2.03. The fraction of sp³-hybridized carbons (Fsp3) is 0.267. The predicted octanol–water partition coefficient (Wildman–Crippen LogP) is 5.23. The number of hydrogen-bond donors (Lipinski definition) is 1. The first-order valence-corrected chi connectivity index (χ1v) is 8.53. The minimum atomic E-state index is -4.57. The van der Waals surface area contributed by atoms with Crippen molar-refractivity contribution in [2.45, 2.75) is 26.1 Å². The maximum Gasteiger partial charge on any atom is 0.435 e. The normalized spacial score (nSPS) is 11.7. The number of aromatic nitrogens is 4. The molecule has 10 heteroatoms. The summed E-state index contributed by atoms with van der Waals surface area (Å²) in [6.07, 6.45) is -2.56. The second kappa shape index (κ2) is 7.01. The van der Waals surface area contributed by atoms with Crippen molar-refractivity contribution in [2.75, 3.05) is 5.32 Å². The first kappa shape index (κ1) is 17.7. The zero-order valence-corrected chi connectivity index (χ0v) is 14.6. The number of nitrogens with one attached hydrogen (secondary N) is 1. The Labute approximate surface area is 150 Å². The number of benzene rings is 1. The molecular weight excluding hydrogens is 375 g/mol. The summed E-state index contributed by atoms with van der Waals surface area (Å²) < 4.78 is 45.0. The van der Waals surface area contributed by atoms with E-state index in [0.29, 0.717) is 28.8 Å². The number of alkyl halides is 3. The van der Waals surface area contributed by atoms with E-state index in [1.54, 1.807) is 24.3 Å².